The first kappa shape index (κ1) is 14.3. The topological polar surface area (TPSA) is 73.6 Å². The summed E-state index contributed by atoms with van der Waals surface area (Å²) in [7, 11) is 3.19. The fourth-order valence-electron chi connectivity index (χ4n) is 1.53. The molecule has 0 aliphatic rings. The van der Waals surface area contributed by atoms with Crippen molar-refractivity contribution in [3.05, 3.63) is 23.8 Å². The normalized spacial score (nSPS) is 11.8. The van der Waals surface area contributed by atoms with Gasteiger partial charge in [0.1, 0.15) is 0 Å². The van der Waals surface area contributed by atoms with Gasteiger partial charge in [-0.05, 0) is 31.0 Å². The Balaban J connectivity index is 2.55. The largest absolute Gasteiger partial charge is 0.493 e. The molecule has 0 saturated heterocycles. The molecule has 1 aromatic rings. The Morgan fingerprint density at radius 3 is 2.56 bits per heavy atom. The van der Waals surface area contributed by atoms with E-state index in [2.05, 4.69) is 5.32 Å². The molecule has 0 fully saturated rings. The van der Waals surface area contributed by atoms with E-state index in [9.17, 15) is 4.79 Å². The second-order valence-corrected chi connectivity index (χ2v) is 4.02. The number of amides is 1. The number of carbonyl (C=O) groups is 1. The molecule has 5 heteroatoms. The molecular weight excluding hydrogens is 232 g/mol. The lowest BCUT2D eigenvalue weighted by Gasteiger charge is -2.10. The maximum atomic E-state index is 11.3. The third-order valence-corrected chi connectivity index (χ3v) is 2.57. The summed E-state index contributed by atoms with van der Waals surface area (Å²) in [5.74, 6) is 1.24. The molecule has 3 N–H and O–H groups in total. The van der Waals surface area contributed by atoms with E-state index in [1.807, 2.05) is 18.2 Å². The summed E-state index contributed by atoms with van der Waals surface area (Å²) in [6.45, 7) is 2.21. The van der Waals surface area contributed by atoms with Gasteiger partial charge < -0.3 is 20.5 Å². The van der Waals surface area contributed by atoms with Crippen LogP contribution in [0.3, 0.4) is 0 Å². The first-order valence-electron chi connectivity index (χ1n) is 5.82. The van der Waals surface area contributed by atoms with Crippen molar-refractivity contribution in [2.24, 2.45) is 5.73 Å². The number of hydrogen-bond acceptors (Lipinski definition) is 4. The van der Waals surface area contributed by atoms with E-state index >= 15 is 0 Å². The summed E-state index contributed by atoms with van der Waals surface area (Å²) in [5.41, 5.74) is 6.52. The third-order valence-electron chi connectivity index (χ3n) is 2.57. The molecule has 0 aromatic heterocycles. The molecule has 1 atom stereocenters. The molecule has 0 saturated carbocycles. The van der Waals surface area contributed by atoms with Crippen LogP contribution in [0.25, 0.3) is 0 Å². The molecule has 0 aliphatic heterocycles. The Labute approximate surface area is 107 Å². The lowest BCUT2D eigenvalue weighted by molar-refractivity contribution is -0.121. The molecule has 0 spiro atoms. The number of ether oxygens (including phenoxy) is 2. The zero-order chi connectivity index (χ0) is 13.5. The average molecular weight is 252 g/mol. The van der Waals surface area contributed by atoms with Crippen molar-refractivity contribution in [1.82, 2.24) is 5.32 Å². The van der Waals surface area contributed by atoms with Gasteiger partial charge in [0.05, 0.1) is 20.3 Å². The summed E-state index contributed by atoms with van der Waals surface area (Å²) >= 11 is 0. The monoisotopic (exact) mass is 252 g/mol. The van der Waals surface area contributed by atoms with Crippen molar-refractivity contribution in [3.8, 4) is 11.5 Å². The number of methoxy groups -OCH3 is 2. The molecule has 0 aliphatic carbocycles. The summed E-state index contributed by atoms with van der Waals surface area (Å²) < 4.78 is 10.4. The maximum absolute atomic E-state index is 11.3. The molecule has 5 nitrogen and oxygen atoms in total. The minimum atomic E-state index is -0.476. The summed E-state index contributed by atoms with van der Waals surface area (Å²) in [4.78, 5) is 11.3. The van der Waals surface area contributed by atoms with E-state index in [1.54, 1.807) is 21.1 Å². The van der Waals surface area contributed by atoms with E-state index in [1.165, 1.54) is 0 Å². The van der Waals surface area contributed by atoms with Crippen molar-refractivity contribution in [2.45, 2.75) is 19.4 Å². The van der Waals surface area contributed by atoms with Crippen LogP contribution in [-0.2, 0) is 11.2 Å². The van der Waals surface area contributed by atoms with Crippen LogP contribution in [0.5, 0.6) is 11.5 Å². The SMILES string of the molecule is COc1ccc(CCNC(=O)C(C)N)cc1OC. The predicted molar refractivity (Wildman–Crippen MR) is 69.9 cm³/mol. The molecule has 1 rings (SSSR count). The molecular formula is C13H20N2O3. The van der Waals surface area contributed by atoms with Crippen LogP contribution in [0.15, 0.2) is 18.2 Å². The molecule has 0 heterocycles. The van der Waals surface area contributed by atoms with Gasteiger partial charge in [-0.25, -0.2) is 0 Å². The third kappa shape index (κ3) is 3.92. The Kier molecular flexibility index (Phi) is 5.45. The van der Waals surface area contributed by atoms with E-state index in [0.29, 0.717) is 18.0 Å². The van der Waals surface area contributed by atoms with Crippen molar-refractivity contribution in [2.75, 3.05) is 20.8 Å². The summed E-state index contributed by atoms with van der Waals surface area (Å²) in [6.07, 6.45) is 0.721. The van der Waals surface area contributed by atoms with Crippen LogP contribution in [0.1, 0.15) is 12.5 Å². The van der Waals surface area contributed by atoms with Crippen molar-refractivity contribution < 1.29 is 14.3 Å². The van der Waals surface area contributed by atoms with E-state index in [-0.39, 0.29) is 5.91 Å². The number of carbonyl (C=O) groups excluding carboxylic acids is 1. The minimum absolute atomic E-state index is 0.143. The smallest absolute Gasteiger partial charge is 0.236 e. The Bertz CT molecular complexity index is 405. The average Bonchev–Trinajstić information content (AvgIpc) is 2.38. The highest BCUT2D eigenvalue weighted by atomic mass is 16.5. The molecule has 0 radical (unpaired) electrons. The predicted octanol–water partition coefficient (Wildman–Crippen LogP) is 0.710. The summed E-state index contributed by atoms with van der Waals surface area (Å²) in [5, 5.41) is 2.76. The van der Waals surface area contributed by atoms with Gasteiger partial charge in [0.25, 0.3) is 0 Å². The highest BCUT2D eigenvalue weighted by Crippen LogP contribution is 2.27. The summed E-state index contributed by atoms with van der Waals surface area (Å²) in [6, 6.07) is 5.22. The number of nitrogens with two attached hydrogens (primary N) is 1. The molecule has 100 valence electrons. The van der Waals surface area contributed by atoms with Crippen LogP contribution in [-0.4, -0.2) is 32.7 Å². The zero-order valence-electron chi connectivity index (χ0n) is 11.0. The Hall–Kier alpha value is -1.75. The van der Waals surface area contributed by atoms with E-state index < -0.39 is 6.04 Å². The first-order chi connectivity index (χ1) is 8.58. The second kappa shape index (κ2) is 6.86. The van der Waals surface area contributed by atoms with Crippen LogP contribution in [0, 0.1) is 0 Å². The van der Waals surface area contributed by atoms with Gasteiger partial charge in [0, 0.05) is 6.54 Å². The van der Waals surface area contributed by atoms with Crippen molar-refractivity contribution in [1.29, 1.82) is 0 Å². The Morgan fingerprint density at radius 1 is 1.33 bits per heavy atom. The van der Waals surface area contributed by atoms with Gasteiger partial charge in [-0.3, -0.25) is 4.79 Å². The number of benzene rings is 1. The first-order valence-corrected chi connectivity index (χ1v) is 5.82. The molecule has 1 amide bonds. The van der Waals surface area contributed by atoms with Crippen LogP contribution < -0.4 is 20.5 Å². The number of hydrogen-bond donors (Lipinski definition) is 2. The maximum Gasteiger partial charge on any atom is 0.236 e. The molecule has 1 aromatic carbocycles. The quantitative estimate of drug-likeness (QED) is 0.782. The fourth-order valence-corrected chi connectivity index (χ4v) is 1.53. The van der Waals surface area contributed by atoms with Gasteiger partial charge in [-0.1, -0.05) is 6.07 Å². The number of nitrogens with one attached hydrogen (secondary N) is 1. The number of rotatable bonds is 6. The van der Waals surface area contributed by atoms with E-state index in [4.69, 9.17) is 15.2 Å². The minimum Gasteiger partial charge on any atom is -0.493 e. The van der Waals surface area contributed by atoms with Crippen LogP contribution >= 0.6 is 0 Å². The van der Waals surface area contributed by atoms with Crippen LogP contribution in [0.4, 0.5) is 0 Å². The standard InChI is InChI=1S/C13H20N2O3/c1-9(14)13(16)15-7-6-10-4-5-11(17-2)12(8-10)18-3/h4-5,8-9H,6-7,14H2,1-3H3,(H,15,16). The van der Waals surface area contributed by atoms with Gasteiger partial charge in [-0.2, -0.15) is 0 Å². The van der Waals surface area contributed by atoms with Crippen molar-refractivity contribution in [3.63, 3.8) is 0 Å². The fraction of sp³-hybridized carbons (Fsp3) is 0.462. The van der Waals surface area contributed by atoms with Gasteiger partial charge in [-0.15, -0.1) is 0 Å². The van der Waals surface area contributed by atoms with Crippen LogP contribution in [0.2, 0.25) is 0 Å². The lowest BCUT2D eigenvalue weighted by atomic mass is 10.1. The van der Waals surface area contributed by atoms with Gasteiger partial charge >= 0.3 is 0 Å². The zero-order valence-corrected chi connectivity index (χ0v) is 11.0. The molecule has 1 unspecified atom stereocenters. The molecule has 18 heavy (non-hydrogen) atoms. The lowest BCUT2D eigenvalue weighted by Crippen LogP contribution is -2.39. The molecule has 0 bridgehead atoms. The van der Waals surface area contributed by atoms with Gasteiger partial charge in [0.15, 0.2) is 11.5 Å². The highest BCUT2D eigenvalue weighted by Gasteiger charge is 2.07. The Morgan fingerprint density at radius 2 is 2.00 bits per heavy atom. The van der Waals surface area contributed by atoms with Gasteiger partial charge in [0.2, 0.25) is 5.91 Å². The van der Waals surface area contributed by atoms with Crippen molar-refractivity contribution >= 4 is 5.91 Å². The highest BCUT2D eigenvalue weighted by molar-refractivity contribution is 5.80. The second-order valence-electron chi connectivity index (χ2n) is 4.02. The van der Waals surface area contributed by atoms with E-state index in [0.717, 1.165) is 12.0 Å².